The van der Waals surface area contributed by atoms with Gasteiger partial charge in [0, 0.05) is 16.3 Å². The molecule has 0 bridgehead atoms. The molecular weight excluding hydrogens is 426 g/mol. The van der Waals surface area contributed by atoms with E-state index in [2.05, 4.69) is 5.32 Å². The summed E-state index contributed by atoms with van der Waals surface area (Å²) in [5.41, 5.74) is 1.38. The SMILES string of the molecule is N#C/C(=C/c1ccc(OCc2c(F)cccc2Cl)cc1)C(=O)Nc1ccc(Cl)cc1. The summed E-state index contributed by atoms with van der Waals surface area (Å²) < 4.78 is 19.4. The first-order valence-electron chi connectivity index (χ1n) is 8.81. The number of halogens is 3. The van der Waals surface area contributed by atoms with E-state index < -0.39 is 11.7 Å². The molecule has 0 aliphatic heterocycles. The van der Waals surface area contributed by atoms with Crippen molar-refractivity contribution in [1.29, 1.82) is 5.26 Å². The second kappa shape index (κ2) is 9.93. The van der Waals surface area contributed by atoms with Gasteiger partial charge in [-0.05, 0) is 60.2 Å². The van der Waals surface area contributed by atoms with Crippen LogP contribution < -0.4 is 10.1 Å². The van der Waals surface area contributed by atoms with Gasteiger partial charge in [0.05, 0.1) is 5.02 Å². The van der Waals surface area contributed by atoms with E-state index in [0.717, 1.165) is 0 Å². The lowest BCUT2D eigenvalue weighted by atomic mass is 10.1. The van der Waals surface area contributed by atoms with Gasteiger partial charge in [-0.25, -0.2) is 4.39 Å². The molecule has 0 spiro atoms. The smallest absolute Gasteiger partial charge is 0.266 e. The fourth-order valence-corrected chi connectivity index (χ4v) is 2.88. The third-order valence-corrected chi connectivity index (χ3v) is 4.71. The number of anilines is 1. The first kappa shape index (κ1) is 21.4. The zero-order valence-corrected chi connectivity index (χ0v) is 17.0. The van der Waals surface area contributed by atoms with Crippen LogP contribution in [0.1, 0.15) is 11.1 Å². The number of nitriles is 1. The Morgan fingerprint density at radius 3 is 2.40 bits per heavy atom. The molecule has 1 N–H and O–H groups in total. The van der Waals surface area contributed by atoms with Crippen LogP contribution >= 0.6 is 23.2 Å². The summed E-state index contributed by atoms with van der Waals surface area (Å²) in [6, 6.07) is 19.6. The van der Waals surface area contributed by atoms with Gasteiger partial charge in [-0.1, -0.05) is 41.4 Å². The summed E-state index contributed by atoms with van der Waals surface area (Å²) in [4.78, 5) is 12.3. The Kier molecular flexibility index (Phi) is 7.08. The van der Waals surface area contributed by atoms with E-state index in [9.17, 15) is 14.4 Å². The third-order valence-electron chi connectivity index (χ3n) is 4.10. The van der Waals surface area contributed by atoms with E-state index in [0.29, 0.717) is 27.0 Å². The van der Waals surface area contributed by atoms with Crippen LogP contribution in [-0.4, -0.2) is 5.91 Å². The maximum absolute atomic E-state index is 13.8. The van der Waals surface area contributed by atoms with Crippen LogP contribution in [-0.2, 0) is 11.4 Å². The van der Waals surface area contributed by atoms with Crippen LogP contribution in [0, 0.1) is 17.1 Å². The molecule has 0 fully saturated rings. The van der Waals surface area contributed by atoms with E-state index >= 15 is 0 Å². The van der Waals surface area contributed by atoms with Crippen molar-refractivity contribution >= 4 is 40.9 Å². The third kappa shape index (κ3) is 5.60. The Morgan fingerprint density at radius 2 is 1.77 bits per heavy atom. The Bertz CT molecular complexity index is 1100. The molecule has 150 valence electrons. The minimum Gasteiger partial charge on any atom is -0.489 e. The predicted molar refractivity (Wildman–Crippen MR) is 116 cm³/mol. The molecule has 0 aromatic heterocycles. The Hall–Kier alpha value is -3.33. The van der Waals surface area contributed by atoms with Crippen LogP contribution in [0.5, 0.6) is 5.75 Å². The number of amides is 1. The van der Waals surface area contributed by atoms with Crippen LogP contribution in [0.25, 0.3) is 6.08 Å². The average Bonchev–Trinajstić information content (AvgIpc) is 2.74. The molecular formula is C23H15Cl2FN2O2. The Labute approximate surface area is 183 Å². The first-order chi connectivity index (χ1) is 14.5. The lowest BCUT2D eigenvalue weighted by Gasteiger charge is -2.09. The summed E-state index contributed by atoms with van der Waals surface area (Å²) in [5, 5.41) is 12.8. The van der Waals surface area contributed by atoms with Crippen molar-refractivity contribution < 1.29 is 13.9 Å². The van der Waals surface area contributed by atoms with Gasteiger partial charge in [0.15, 0.2) is 0 Å². The minimum absolute atomic E-state index is 0.0202. The van der Waals surface area contributed by atoms with Crippen LogP contribution in [0.2, 0.25) is 10.0 Å². The lowest BCUT2D eigenvalue weighted by Crippen LogP contribution is -2.13. The molecule has 3 rings (SSSR count). The molecule has 3 aromatic carbocycles. The van der Waals surface area contributed by atoms with Crippen molar-refractivity contribution in [2.24, 2.45) is 0 Å². The quantitative estimate of drug-likeness (QED) is 0.363. The number of hydrogen-bond donors (Lipinski definition) is 1. The molecule has 3 aromatic rings. The molecule has 0 heterocycles. The highest BCUT2D eigenvalue weighted by Gasteiger charge is 2.10. The van der Waals surface area contributed by atoms with Gasteiger partial charge in [0.25, 0.3) is 5.91 Å². The summed E-state index contributed by atoms with van der Waals surface area (Å²) >= 11 is 11.8. The second-order valence-corrected chi connectivity index (χ2v) is 7.03. The van der Waals surface area contributed by atoms with Crippen molar-refractivity contribution in [3.63, 3.8) is 0 Å². The fourth-order valence-electron chi connectivity index (χ4n) is 2.53. The van der Waals surface area contributed by atoms with E-state index in [1.807, 2.05) is 6.07 Å². The normalized spacial score (nSPS) is 10.9. The van der Waals surface area contributed by atoms with Gasteiger partial charge in [0.1, 0.15) is 29.8 Å². The zero-order chi connectivity index (χ0) is 21.5. The van der Waals surface area contributed by atoms with Crippen molar-refractivity contribution in [3.8, 4) is 11.8 Å². The van der Waals surface area contributed by atoms with Crippen molar-refractivity contribution in [2.75, 3.05) is 5.32 Å². The molecule has 7 heteroatoms. The molecule has 0 saturated carbocycles. The maximum atomic E-state index is 13.8. The van der Waals surface area contributed by atoms with Gasteiger partial charge in [0.2, 0.25) is 0 Å². The van der Waals surface area contributed by atoms with Gasteiger partial charge in [-0.15, -0.1) is 0 Å². The second-order valence-electron chi connectivity index (χ2n) is 6.19. The highest BCUT2D eigenvalue weighted by atomic mass is 35.5. The van der Waals surface area contributed by atoms with Gasteiger partial charge < -0.3 is 10.1 Å². The van der Waals surface area contributed by atoms with Crippen molar-refractivity contribution in [1.82, 2.24) is 0 Å². The largest absolute Gasteiger partial charge is 0.489 e. The molecule has 0 radical (unpaired) electrons. The molecule has 0 unspecified atom stereocenters. The molecule has 0 aliphatic rings. The number of rotatable bonds is 6. The highest BCUT2D eigenvalue weighted by molar-refractivity contribution is 6.31. The monoisotopic (exact) mass is 440 g/mol. The Morgan fingerprint density at radius 1 is 1.07 bits per heavy atom. The zero-order valence-electron chi connectivity index (χ0n) is 15.5. The van der Waals surface area contributed by atoms with Gasteiger partial charge >= 0.3 is 0 Å². The summed E-state index contributed by atoms with van der Waals surface area (Å²) in [7, 11) is 0. The molecule has 0 aliphatic carbocycles. The molecule has 4 nitrogen and oxygen atoms in total. The topological polar surface area (TPSA) is 62.1 Å². The van der Waals surface area contributed by atoms with Crippen LogP contribution in [0.15, 0.2) is 72.3 Å². The maximum Gasteiger partial charge on any atom is 0.266 e. The lowest BCUT2D eigenvalue weighted by molar-refractivity contribution is -0.112. The summed E-state index contributed by atoms with van der Waals surface area (Å²) in [5.74, 6) is -0.475. The Balaban J connectivity index is 1.66. The molecule has 1 amide bonds. The van der Waals surface area contributed by atoms with E-state index in [4.69, 9.17) is 27.9 Å². The van der Waals surface area contributed by atoms with Crippen LogP contribution in [0.4, 0.5) is 10.1 Å². The summed E-state index contributed by atoms with van der Waals surface area (Å²) in [6.07, 6.45) is 1.46. The van der Waals surface area contributed by atoms with Gasteiger partial charge in [-0.2, -0.15) is 5.26 Å². The van der Waals surface area contributed by atoms with Crippen molar-refractivity contribution in [2.45, 2.75) is 6.61 Å². The fraction of sp³-hybridized carbons (Fsp3) is 0.0435. The molecule has 30 heavy (non-hydrogen) atoms. The molecule has 0 atom stereocenters. The highest BCUT2D eigenvalue weighted by Crippen LogP contribution is 2.22. The number of nitrogens with zero attached hydrogens (tertiary/aromatic N) is 1. The molecule has 0 saturated heterocycles. The van der Waals surface area contributed by atoms with Crippen molar-refractivity contribution in [3.05, 3.63) is 99.3 Å². The standard InChI is InChI=1S/C23H15Cl2FN2O2/c24-17-6-8-18(9-7-17)28-23(29)16(13-27)12-15-4-10-19(11-5-15)30-14-20-21(25)2-1-3-22(20)26/h1-12H,14H2,(H,28,29)/b16-12-. The number of benzene rings is 3. The number of nitrogens with one attached hydrogen (secondary N) is 1. The average molecular weight is 441 g/mol. The number of hydrogen-bond acceptors (Lipinski definition) is 3. The minimum atomic E-state index is -0.533. The number of carbonyl (C=O) groups is 1. The number of carbonyl (C=O) groups excluding carboxylic acids is 1. The predicted octanol–water partition coefficient (Wildman–Crippen LogP) is 6.26. The first-order valence-corrected chi connectivity index (χ1v) is 9.56. The number of ether oxygens (including phenoxy) is 1. The van der Waals surface area contributed by atoms with E-state index in [-0.39, 0.29) is 17.7 Å². The van der Waals surface area contributed by atoms with E-state index in [1.165, 1.54) is 18.2 Å². The van der Waals surface area contributed by atoms with Crippen LogP contribution in [0.3, 0.4) is 0 Å². The van der Waals surface area contributed by atoms with E-state index in [1.54, 1.807) is 54.6 Å². The van der Waals surface area contributed by atoms with Gasteiger partial charge in [-0.3, -0.25) is 4.79 Å². The summed E-state index contributed by atoms with van der Waals surface area (Å²) in [6.45, 7) is -0.0202.